The number of hydrogen-bond donors (Lipinski definition) is 4. The number of pyridine rings is 1. The molecule has 1 atom stereocenters. The van der Waals surface area contributed by atoms with Crippen LogP contribution >= 0.6 is 46.4 Å². The van der Waals surface area contributed by atoms with Crippen molar-refractivity contribution in [3.05, 3.63) is 76.5 Å². The Balaban J connectivity index is 1.60. The summed E-state index contributed by atoms with van der Waals surface area (Å²) in [7, 11) is 6.98. The second-order valence-corrected chi connectivity index (χ2v) is 11.8. The molecule has 0 spiro atoms. The Hall–Kier alpha value is -2.61. The average Bonchev–Trinajstić information content (AvgIpc) is 3.58. The fraction of sp³-hybridized carbons (Fsp3) is 0.250. The first-order valence-electron chi connectivity index (χ1n) is 11.3. The Morgan fingerprint density at radius 3 is 2.59 bits per heavy atom. The maximum Gasteiger partial charge on any atom is 0.207 e. The summed E-state index contributed by atoms with van der Waals surface area (Å²) >= 11 is 24.4. The molecule has 13 heteroatoms. The van der Waals surface area contributed by atoms with Crippen molar-refractivity contribution in [2.75, 3.05) is 17.2 Å². The van der Waals surface area contributed by atoms with Crippen LogP contribution < -0.4 is 21.6 Å². The van der Waals surface area contributed by atoms with Crippen LogP contribution in [0.4, 0.5) is 15.8 Å². The lowest BCUT2D eigenvalue weighted by molar-refractivity contribution is 0.260. The normalized spacial score (nSPS) is 17.1. The monoisotopic (exact) mass is 575 g/mol. The van der Waals surface area contributed by atoms with E-state index in [1.807, 2.05) is 11.2 Å². The zero-order valence-corrected chi connectivity index (χ0v) is 22.2. The van der Waals surface area contributed by atoms with E-state index in [0.29, 0.717) is 44.6 Å². The molecular weight excluding hydrogens is 558 g/mol. The van der Waals surface area contributed by atoms with Crippen molar-refractivity contribution in [3.63, 3.8) is 0 Å². The molecule has 4 N–H and O–H groups in total. The number of nitrogens with zero attached hydrogens (tertiary/aromatic N) is 3. The summed E-state index contributed by atoms with van der Waals surface area (Å²) in [6.07, 6.45) is 5.43. The lowest BCUT2D eigenvalue weighted by Crippen LogP contribution is -2.45. The molecule has 1 saturated carbocycles. The van der Waals surface area contributed by atoms with Crippen molar-refractivity contribution in [3.8, 4) is 6.07 Å². The predicted molar refractivity (Wildman–Crippen MR) is 147 cm³/mol. The lowest BCUT2D eigenvalue weighted by Gasteiger charge is -2.34. The van der Waals surface area contributed by atoms with Crippen LogP contribution in [0.25, 0.3) is 10.9 Å². The van der Waals surface area contributed by atoms with Crippen LogP contribution in [-0.4, -0.2) is 34.2 Å². The number of hydrogen-bond acceptors (Lipinski definition) is 7. The van der Waals surface area contributed by atoms with E-state index in [1.165, 1.54) is 18.3 Å². The maximum atomic E-state index is 13.8. The minimum Gasteiger partial charge on any atom is -0.379 e. The van der Waals surface area contributed by atoms with Crippen molar-refractivity contribution in [2.45, 2.75) is 28.1 Å². The zero-order chi connectivity index (χ0) is 26.4. The van der Waals surface area contributed by atoms with Gasteiger partial charge in [0.15, 0.2) is 0 Å². The summed E-state index contributed by atoms with van der Waals surface area (Å²) < 4.78 is 12.2. The summed E-state index contributed by atoms with van der Waals surface area (Å²) in [6, 6.07) is 11.8. The summed E-state index contributed by atoms with van der Waals surface area (Å²) in [5.41, 5.74) is 7.77. The fourth-order valence-electron chi connectivity index (χ4n) is 4.11. The minimum atomic E-state index is -1.60. The quantitative estimate of drug-likeness (QED) is 0.220. The molecule has 1 aliphatic carbocycles. The number of halogens is 5. The number of aromatic nitrogens is 1. The Morgan fingerprint density at radius 2 is 1.95 bits per heavy atom. The average molecular weight is 577 g/mol. The van der Waals surface area contributed by atoms with E-state index in [2.05, 4.69) is 32.6 Å². The molecule has 37 heavy (non-hydrogen) atoms. The standard InChI is InChI=1S/C24H19BCl4FN7/c25-24(14-1-3-15(30)4-2-14,20-11-37(36-35-20)17-5-6-17)34-16-7-18-21(33-12-23(27,28)29)13(9-31)10-32-22(18)19(26)8-16/h1-4,7-8,10-11,17,34-36H,5-6,12H2,(H,32,33). The van der Waals surface area contributed by atoms with E-state index in [4.69, 9.17) is 54.3 Å². The molecule has 7 nitrogen and oxygen atoms in total. The molecule has 2 radical (unpaired) electrons. The van der Waals surface area contributed by atoms with E-state index in [9.17, 15) is 9.65 Å². The molecule has 1 aromatic heterocycles. The second kappa shape index (κ2) is 9.93. The van der Waals surface area contributed by atoms with Gasteiger partial charge < -0.3 is 16.1 Å². The van der Waals surface area contributed by atoms with E-state index in [1.54, 1.807) is 24.3 Å². The molecule has 0 amide bonds. The van der Waals surface area contributed by atoms with Crippen LogP contribution in [0.15, 0.2) is 54.5 Å². The van der Waals surface area contributed by atoms with Gasteiger partial charge in [-0.15, -0.1) is 5.53 Å². The first-order chi connectivity index (χ1) is 17.6. The van der Waals surface area contributed by atoms with Gasteiger partial charge in [-0.2, -0.15) is 5.26 Å². The Bertz CT molecular complexity index is 1420. The summed E-state index contributed by atoms with van der Waals surface area (Å²) in [5.74, 6) is -0.384. The largest absolute Gasteiger partial charge is 0.379 e. The van der Waals surface area contributed by atoms with Gasteiger partial charge in [0.25, 0.3) is 0 Å². The van der Waals surface area contributed by atoms with Crippen molar-refractivity contribution < 1.29 is 4.39 Å². The highest BCUT2D eigenvalue weighted by Gasteiger charge is 2.37. The van der Waals surface area contributed by atoms with Crippen molar-refractivity contribution in [2.24, 2.45) is 0 Å². The van der Waals surface area contributed by atoms with E-state index in [0.717, 1.165) is 12.8 Å². The molecule has 1 fully saturated rings. The smallest absolute Gasteiger partial charge is 0.207 e. The van der Waals surface area contributed by atoms with Gasteiger partial charge in [0.2, 0.25) is 3.79 Å². The SMILES string of the molecule is [B]C(Nc1cc(Cl)c2ncc(C#N)c(NCC(Cl)(Cl)Cl)c2c1)(C1=CN(C2CC2)NN1)c1ccc(F)cc1. The van der Waals surface area contributed by atoms with Crippen LogP contribution in [0.5, 0.6) is 0 Å². The minimum absolute atomic E-state index is 0.0589. The third kappa shape index (κ3) is 5.50. The van der Waals surface area contributed by atoms with Gasteiger partial charge in [0.1, 0.15) is 19.7 Å². The second-order valence-electron chi connectivity index (χ2n) is 8.84. The van der Waals surface area contributed by atoms with Gasteiger partial charge in [-0.25, -0.2) is 4.39 Å². The Labute approximate surface area is 234 Å². The van der Waals surface area contributed by atoms with E-state index < -0.39 is 9.23 Å². The van der Waals surface area contributed by atoms with Crippen LogP contribution in [0.1, 0.15) is 24.0 Å². The number of nitriles is 1. The summed E-state index contributed by atoms with van der Waals surface area (Å²) in [5, 5.41) is 18.8. The van der Waals surface area contributed by atoms with Crippen LogP contribution in [0.3, 0.4) is 0 Å². The fourth-order valence-corrected chi connectivity index (χ4v) is 4.58. The summed E-state index contributed by atoms with van der Waals surface area (Å²) in [6.45, 7) is -0.0589. The number of fused-ring (bicyclic) bond motifs is 1. The third-order valence-corrected chi connectivity index (χ3v) is 6.79. The maximum absolute atomic E-state index is 13.8. The highest BCUT2D eigenvalue weighted by Crippen LogP contribution is 2.38. The topological polar surface area (TPSA) is 88.0 Å². The number of nitrogens with one attached hydrogen (secondary N) is 4. The molecule has 0 saturated heterocycles. The van der Waals surface area contributed by atoms with Crippen molar-refractivity contribution in [1.29, 1.82) is 5.26 Å². The van der Waals surface area contributed by atoms with Crippen LogP contribution in [-0.2, 0) is 5.44 Å². The zero-order valence-electron chi connectivity index (χ0n) is 19.1. The highest BCUT2D eigenvalue weighted by atomic mass is 35.6. The van der Waals surface area contributed by atoms with Gasteiger partial charge >= 0.3 is 0 Å². The lowest BCUT2D eigenvalue weighted by atomic mass is 9.69. The van der Waals surface area contributed by atoms with Crippen molar-refractivity contribution >= 4 is 76.5 Å². The van der Waals surface area contributed by atoms with Gasteiger partial charge in [-0.1, -0.05) is 58.5 Å². The van der Waals surface area contributed by atoms with Crippen molar-refractivity contribution in [1.82, 2.24) is 21.0 Å². The molecule has 2 aliphatic rings. The summed E-state index contributed by atoms with van der Waals surface area (Å²) in [4.78, 5) is 4.34. The Kier molecular flexibility index (Phi) is 6.99. The van der Waals surface area contributed by atoms with Gasteiger partial charge in [-0.3, -0.25) is 9.99 Å². The van der Waals surface area contributed by atoms with E-state index >= 15 is 0 Å². The van der Waals surface area contributed by atoms with Gasteiger partial charge in [-0.05, 0) is 42.7 Å². The molecular formula is C24H19BCl4FN7. The van der Waals surface area contributed by atoms with Crippen LogP contribution in [0.2, 0.25) is 5.02 Å². The molecule has 0 bridgehead atoms. The number of benzene rings is 2. The molecule has 3 aromatic rings. The molecule has 1 unspecified atom stereocenters. The molecule has 2 aromatic carbocycles. The first-order valence-corrected chi connectivity index (χ1v) is 12.8. The molecule has 1 aliphatic heterocycles. The number of hydrazine groups is 2. The Morgan fingerprint density at radius 1 is 1.22 bits per heavy atom. The molecule has 2 heterocycles. The number of alkyl halides is 3. The molecule has 5 rings (SSSR count). The third-order valence-electron chi connectivity index (χ3n) is 6.10. The van der Waals surface area contributed by atoms with Gasteiger partial charge in [0.05, 0.1) is 39.5 Å². The number of rotatable bonds is 7. The predicted octanol–water partition coefficient (Wildman–Crippen LogP) is 5.44. The first kappa shape index (κ1) is 26.0. The van der Waals surface area contributed by atoms with Crippen LogP contribution in [0, 0.1) is 17.1 Å². The molecule has 188 valence electrons. The number of anilines is 2. The highest BCUT2D eigenvalue weighted by molar-refractivity contribution is 6.67. The van der Waals surface area contributed by atoms with Gasteiger partial charge in [0, 0.05) is 29.5 Å². The van der Waals surface area contributed by atoms with E-state index in [-0.39, 0.29) is 17.9 Å².